The summed E-state index contributed by atoms with van der Waals surface area (Å²) in [6, 6.07) is 16.6. The van der Waals surface area contributed by atoms with Crippen molar-refractivity contribution in [3.63, 3.8) is 0 Å². The highest BCUT2D eigenvalue weighted by Crippen LogP contribution is 2.26. The molecule has 2 aromatic rings. The third-order valence-electron chi connectivity index (χ3n) is 5.59. The molecule has 4 heteroatoms. The molecule has 142 valence electrons. The van der Waals surface area contributed by atoms with Gasteiger partial charge in [-0.1, -0.05) is 30.3 Å². The minimum atomic E-state index is 0.163. The van der Waals surface area contributed by atoms with Crippen LogP contribution in [0.5, 0.6) is 5.75 Å². The zero-order chi connectivity index (χ0) is 18.5. The molecule has 0 N–H and O–H groups in total. The van der Waals surface area contributed by atoms with Crippen molar-refractivity contribution >= 4 is 5.91 Å². The molecule has 1 amide bonds. The molecule has 0 saturated carbocycles. The fraction of sp³-hybridized carbons (Fsp3) is 0.435. The largest absolute Gasteiger partial charge is 0.493 e. The Morgan fingerprint density at radius 1 is 1.00 bits per heavy atom. The quantitative estimate of drug-likeness (QED) is 0.815. The minimum absolute atomic E-state index is 0.163. The summed E-state index contributed by atoms with van der Waals surface area (Å²) in [6.45, 7) is 5.55. The van der Waals surface area contributed by atoms with Gasteiger partial charge in [-0.25, -0.2) is 0 Å². The van der Waals surface area contributed by atoms with Gasteiger partial charge in [0.25, 0.3) is 5.91 Å². The van der Waals surface area contributed by atoms with E-state index in [0.717, 1.165) is 69.9 Å². The van der Waals surface area contributed by atoms with Crippen LogP contribution in [0.3, 0.4) is 0 Å². The van der Waals surface area contributed by atoms with Crippen LogP contribution >= 0.6 is 0 Å². The van der Waals surface area contributed by atoms with Gasteiger partial charge in [-0.15, -0.1) is 0 Å². The summed E-state index contributed by atoms with van der Waals surface area (Å²) in [5, 5.41) is 0. The predicted molar refractivity (Wildman–Crippen MR) is 107 cm³/mol. The lowest BCUT2D eigenvalue weighted by Crippen LogP contribution is -2.35. The molecule has 0 aliphatic carbocycles. The number of aryl methyl sites for hydroxylation is 1. The maximum Gasteiger partial charge on any atom is 0.253 e. The van der Waals surface area contributed by atoms with E-state index in [0.29, 0.717) is 0 Å². The highest BCUT2D eigenvalue weighted by Gasteiger charge is 2.22. The Labute approximate surface area is 161 Å². The van der Waals surface area contributed by atoms with Crippen molar-refractivity contribution in [1.82, 2.24) is 9.80 Å². The average Bonchev–Trinajstić information content (AvgIpc) is 3.05. The summed E-state index contributed by atoms with van der Waals surface area (Å²) < 4.78 is 5.55. The van der Waals surface area contributed by atoms with E-state index < -0.39 is 0 Å². The van der Waals surface area contributed by atoms with Crippen molar-refractivity contribution in [3.05, 3.63) is 65.2 Å². The summed E-state index contributed by atoms with van der Waals surface area (Å²) in [6.07, 6.45) is 4.25. The first-order valence-corrected chi connectivity index (χ1v) is 10.1. The van der Waals surface area contributed by atoms with E-state index in [9.17, 15) is 4.79 Å². The topological polar surface area (TPSA) is 32.8 Å². The maximum atomic E-state index is 12.9. The van der Waals surface area contributed by atoms with Crippen molar-refractivity contribution in [2.75, 3.05) is 39.3 Å². The SMILES string of the molecule is O=C(c1ccc2c(c1)CCO2)N1CCCN(CCCc2ccccc2)CC1. The predicted octanol–water partition coefficient (Wildman–Crippen LogP) is 3.40. The van der Waals surface area contributed by atoms with Gasteiger partial charge < -0.3 is 14.5 Å². The highest BCUT2D eigenvalue weighted by atomic mass is 16.5. The first-order valence-electron chi connectivity index (χ1n) is 10.1. The minimum Gasteiger partial charge on any atom is -0.493 e. The second kappa shape index (κ2) is 8.57. The van der Waals surface area contributed by atoms with Gasteiger partial charge in [-0.3, -0.25) is 4.79 Å². The van der Waals surface area contributed by atoms with Crippen molar-refractivity contribution in [3.8, 4) is 5.75 Å². The van der Waals surface area contributed by atoms with Crippen LogP contribution in [0.4, 0.5) is 0 Å². The molecule has 27 heavy (non-hydrogen) atoms. The first-order chi connectivity index (χ1) is 13.3. The number of fused-ring (bicyclic) bond motifs is 1. The molecule has 4 nitrogen and oxygen atoms in total. The smallest absolute Gasteiger partial charge is 0.253 e. The molecule has 0 bridgehead atoms. The van der Waals surface area contributed by atoms with Crippen LogP contribution in [0.2, 0.25) is 0 Å². The number of amides is 1. The number of carbonyl (C=O) groups is 1. The van der Waals surface area contributed by atoms with E-state index in [1.165, 1.54) is 17.5 Å². The van der Waals surface area contributed by atoms with Crippen molar-refractivity contribution in [2.45, 2.75) is 25.7 Å². The molecule has 0 atom stereocenters. The number of hydrogen-bond donors (Lipinski definition) is 0. The summed E-state index contributed by atoms with van der Waals surface area (Å²) in [5.41, 5.74) is 3.37. The Morgan fingerprint density at radius 3 is 2.78 bits per heavy atom. The molecule has 4 rings (SSSR count). The van der Waals surface area contributed by atoms with Gasteiger partial charge in [0.15, 0.2) is 0 Å². The molecule has 2 heterocycles. The number of hydrogen-bond acceptors (Lipinski definition) is 3. The van der Waals surface area contributed by atoms with E-state index in [1.54, 1.807) is 0 Å². The second-order valence-electron chi connectivity index (χ2n) is 7.50. The molecule has 2 aliphatic heterocycles. The summed E-state index contributed by atoms with van der Waals surface area (Å²) in [5.74, 6) is 1.10. The van der Waals surface area contributed by atoms with Gasteiger partial charge >= 0.3 is 0 Å². The standard InChI is InChI=1S/C23H28N2O2/c26-23(21-9-10-22-20(18-21)11-17-27-22)25-14-5-13-24(15-16-25)12-4-8-19-6-2-1-3-7-19/h1-3,6-7,9-10,18H,4-5,8,11-17H2. The molecule has 2 aromatic carbocycles. The van der Waals surface area contributed by atoms with Crippen LogP contribution in [0.1, 0.15) is 34.3 Å². The number of ether oxygens (including phenoxy) is 1. The van der Waals surface area contributed by atoms with E-state index in [2.05, 4.69) is 35.2 Å². The molecule has 2 aliphatic rings. The third kappa shape index (κ3) is 4.51. The summed E-state index contributed by atoms with van der Waals surface area (Å²) in [7, 11) is 0. The van der Waals surface area contributed by atoms with Crippen LogP contribution < -0.4 is 4.74 Å². The molecule has 0 aromatic heterocycles. The van der Waals surface area contributed by atoms with Crippen LogP contribution in [0.25, 0.3) is 0 Å². The monoisotopic (exact) mass is 364 g/mol. The summed E-state index contributed by atoms with van der Waals surface area (Å²) >= 11 is 0. The Morgan fingerprint density at radius 2 is 1.89 bits per heavy atom. The van der Waals surface area contributed by atoms with E-state index >= 15 is 0 Å². The van der Waals surface area contributed by atoms with Gasteiger partial charge in [0.1, 0.15) is 5.75 Å². The first kappa shape index (κ1) is 18.1. The van der Waals surface area contributed by atoms with Gasteiger partial charge in [-0.2, -0.15) is 0 Å². The Hall–Kier alpha value is -2.33. The maximum absolute atomic E-state index is 12.9. The third-order valence-corrected chi connectivity index (χ3v) is 5.59. The van der Waals surface area contributed by atoms with Gasteiger partial charge in [0.2, 0.25) is 0 Å². The molecular formula is C23H28N2O2. The molecule has 0 spiro atoms. The molecule has 1 fully saturated rings. The van der Waals surface area contributed by atoms with Gasteiger partial charge in [0, 0.05) is 31.6 Å². The fourth-order valence-corrected chi connectivity index (χ4v) is 4.05. The lowest BCUT2D eigenvalue weighted by Gasteiger charge is -2.22. The van der Waals surface area contributed by atoms with Gasteiger partial charge in [0.05, 0.1) is 6.61 Å². The Bertz CT molecular complexity index is 775. The van der Waals surface area contributed by atoms with Crippen molar-refractivity contribution in [2.24, 2.45) is 0 Å². The zero-order valence-corrected chi connectivity index (χ0v) is 15.9. The molecular weight excluding hydrogens is 336 g/mol. The summed E-state index contributed by atoms with van der Waals surface area (Å²) in [4.78, 5) is 17.5. The van der Waals surface area contributed by atoms with Crippen LogP contribution in [-0.4, -0.2) is 55.0 Å². The normalized spacial score (nSPS) is 17.3. The molecule has 0 radical (unpaired) electrons. The van der Waals surface area contributed by atoms with E-state index in [4.69, 9.17) is 4.74 Å². The fourth-order valence-electron chi connectivity index (χ4n) is 4.05. The second-order valence-corrected chi connectivity index (χ2v) is 7.50. The highest BCUT2D eigenvalue weighted by molar-refractivity contribution is 5.94. The molecule has 1 saturated heterocycles. The number of carbonyl (C=O) groups excluding carboxylic acids is 1. The van der Waals surface area contributed by atoms with E-state index in [1.807, 2.05) is 23.1 Å². The molecule has 0 unspecified atom stereocenters. The Kier molecular flexibility index (Phi) is 5.73. The number of nitrogens with zero attached hydrogens (tertiary/aromatic N) is 2. The van der Waals surface area contributed by atoms with Crippen LogP contribution in [-0.2, 0) is 12.8 Å². The van der Waals surface area contributed by atoms with Crippen molar-refractivity contribution < 1.29 is 9.53 Å². The van der Waals surface area contributed by atoms with Crippen molar-refractivity contribution in [1.29, 1.82) is 0 Å². The van der Waals surface area contributed by atoms with Crippen LogP contribution in [0, 0.1) is 0 Å². The lowest BCUT2D eigenvalue weighted by molar-refractivity contribution is 0.0761. The number of benzene rings is 2. The van der Waals surface area contributed by atoms with Crippen LogP contribution in [0.15, 0.2) is 48.5 Å². The number of rotatable bonds is 5. The zero-order valence-electron chi connectivity index (χ0n) is 15.9. The lowest BCUT2D eigenvalue weighted by atomic mass is 10.1. The Balaban J connectivity index is 1.28. The van der Waals surface area contributed by atoms with Gasteiger partial charge in [-0.05, 0) is 61.7 Å². The van der Waals surface area contributed by atoms with E-state index in [-0.39, 0.29) is 5.91 Å². The average molecular weight is 364 g/mol.